The van der Waals surface area contributed by atoms with Gasteiger partial charge in [0.05, 0.1) is 0 Å². The van der Waals surface area contributed by atoms with Crippen molar-refractivity contribution in [1.29, 1.82) is 0 Å². The maximum atomic E-state index is 11.8. The summed E-state index contributed by atoms with van der Waals surface area (Å²) in [5.41, 5.74) is 0.579. The minimum atomic E-state index is 0.135. The summed E-state index contributed by atoms with van der Waals surface area (Å²) in [6.45, 7) is 1.00. The first kappa shape index (κ1) is 10.7. The van der Waals surface area contributed by atoms with Crippen molar-refractivity contribution >= 4 is 17.5 Å². The van der Waals surface area contributed by atoms with Crippen LogP contribution in [0.25, 0.3) is 0 Å². The lowest BCUT2D eigenvalue weighted by Crippen LogP contribution is -2.38. The van der Waals surface area contributed by atoms with Crippen molar-refractivity contribution in [1.82, 2.24) is 15.1 Å². The average Bonchev–Trinajstić information content (AvgIpc) is 2.66. The van der Waals surface area contributed by atoms with Crippen LogP contribution >= 0.6 is 11.8 Å². The van der Waals surface area contributed by atoms with Gasteiger partial charge in [0.2, 0.25) is 0 Å². The average molecular weight is 225 g/mol. The van der Waals surface area contributed by atoms with Crippen LogP contribution in [0, 0.1) is 0 Å². The number of aromatic nitrogens is 2. The number of Topliss-reactive ketones (excluding diaryl/α,β-unsaturated/α-hetero) is 1. The van der Waals surface area contributed by atoms with Crippen molar-refractivity contribution in [2.24, 2.45) is 7.05 Å². The number of carbonyl (C=O) groups is 1. The third kappa shape index (κ3) is 2.82. The lowest BCUT2D eigenvalue weighted by atomic mass is 10.1. The van der Waals surface area contributed by atoms with Crippen molar-refractivity contribution in [2.45, 2.75) is 12.5 Å². The van der Waals surface area contributed by atoms with Gasteiger partial charge >= 0.3 is 0 Å². The third-order valence-electron chi connectivity index (χ3n) is 2.43. The Morgan fingerprint density at radius 1 is 1.80 bits per heavy atom. The molecule has 2 heterocycles. The fraction of sp³-hybridized carbons (Fsp3) is 0.600. The molecule has 1 fully saturated rings. The zero-order valence-electron chi connectivity index (χ0n) is 8.77. The molecule has 1 unspecified atom stereocenters. The van der Waals surface area contributed by atoms with Gasteiger partial charge in [-0.3, -0.25) is 9.48 Å². The molecule has 82 valence electrons. The van der Waals surface area contributed by atoms with Crippen LogP contribution < -0.4 is 5.32 Å². The Morgan fingerprint density at radius 3 is 3.27 bits per heavy atom. The molecule has 5 heteroatoms. The van der Waals surface area contributed by atoms with Gasteiger partial charge in [0, 0.05) is 43.8 Å². The van der Waals surface area contributed by atoms with Crippen molar-refractivity contribution < 1.29 is 4.79 Å². The highest BCUT2D eigenvalue weighted by molar-refractivity contribution is 7.99. The van der Waals surface area contributed by atoms with Crippen LogP contribution in [0.15, 0.2) is 12.3 Å². The summed E-state index contributed by atoms with van der Waals surface area (Å²) in [5.74, 6) is 2.31. The van der Waals surface area contributed by atoms with Gasteiger partial charge in [0.25, 0.3) is 0 Å². The standard InChI is InChI=1S/C10H15N3OS/c1-13-4-2-9(12-13)10(14)6-8-7-15-5-3-11-8/h2,4,8,11H,3,5-7H2,1H3. The Bertz CT molecular complexity index is 344. The van der Waals surface area contributed by atoms with E-state index in [9.17, 15) is 4.79 Å². The number of aryl methyl sites for hydroxylation is 1. The van der Waals surface area contributed by atoms with Crippen molar-refractivity contribution in [3.05, 3.63) is 18.0 Å². The number of nitrogens with one attached hydrogen (secondary N) is 1. The van der Waals surface area contributed by atoms with Gasteiger partial charge in [0.15, 0.2) is 5.78 Å². The SMILES string of the molecule is Cn1ccc(C(=O)CC2CSCCN2)n1. The summed E-state index contributed by atoms with van der Waals surface area (Å²) in [4.78, 5) is 11.8. The van der Waals surface area contributed by atoms with Crippen LogP contribution in [-0.4, -0.2) is 39.7 Å². The number of hydrogen-bond acceptors (Lipinski definition) is 4. The normalized spacial score (nSPS) is 21.5. The highest BCUT2D eigenvalue weighted by atomic mass is 32.2. The van der Waals surface area contributed by atoms with Crippen LogP contribution in [0.4, 0.5) is 0 Å². The fourth-order valence-electron chi connectivity index (χ4n) is 1.64. The Balaban J connectivity index is 1.91. The van der Waals surface area contributed by atoms with E-state index in [2.05, 4.69) is 10.4 Å². The number of rotatable bonds is 3. The topological polar surface area (TPSA) is 46.9 Å². The molecule has 0 spiro atoms. The van der Waals surface area contributed by atoms with Crippen LogP contribution in [0.5, 0.6) is 0 Å². The van der Waals surface area contributed by atoms with Crippen LogP contribution in [0.1, 0.15) is 16.9 Å². The molecule has 1 aliphatic heterocycles. The predicted octanol–water partition coefficient (Wildman–Crippen LogP) is 0.698. The van der Waals surface area contributed by atoms with Crippen molar-refractivity contribution in [2.75, 3.05) is 18.1 Å². The van der Waals surface area contributed by atoms with Gasteiger partial charge in [-0.15, -0.1) is 0 Å². The van der Waals surface area contributed by atoms with Crippen LogP contribution in [0.2, 0.25) is 0 Å². The molecule has 0 bridgehead atoms. The molecular weight excluding hydrogens is 210 g/mol. The van der Waals surface area contributed by atoms with Crippen molar-refractivity contribution in [3.8, 4) is 0 Å². The van der Waals surface area contributed by atoms with E-state index >= 15 is 0 Å². The molecule has 0 saturated carbocycles. The monoisotopic (exact) mass is 225 g/mol. The molecule has 0 radical (unpaired) electrons. The van der Waals surface area contributed by atoms with Crippen LogP contribution in [-0.2, 0) is 7.05 Å². The Kier molecular flexibility index (Phi) is 3.43. The van der Waals surface area contributed by atoms with E-state index in [1.165, 1.54) is 0 Å². The number of hydrogen-bond donors (Lipinski definition) is 1. The van der Waals surface area contributed by atoms with E-state index in [1.807, 2.05) is 18.8 Å². The molecule has 15 heavy (non-hydrogen) atoms. The molecule has 1 saturated heterocycles. The summed E-state index contributed by atoms with van der Waals surface area (Å²) in [7, 11) is 1.82. The largest absolute Gasteiger partial charge is 0.312 e. The minimum Gasteiger partial charge on any atom is -0.312 e. The highest BCUT2D eigenvalue weighted by Crippen LogP contribution is 2.12. The second-order valence-corrected chi connectivity index (χ2v) is 4.88. The molecule has 0 amide bonds. The Labute approximate surface area is 93.4 Å². The molecule has 0 aliphatic carbocycles. The Hall–Kier alpha value is -0.810. The number of ketones is 1. The van der Waals surface area contributed by atoms with Gasteiger partial charge in [-0.25, -0.2) is 0 Å². The summed E-state index contributed by atoms with van der Waals surface area (Å²) < 4.78 is 1.66. The lowest BCUT2D eigenvalue weighted by Gasteiger charge is -2.21. The number of nitrogens with zero attached hydrogens (tertiary/aromatic N) is 2. The quantitative estimate of drug-likeness (QED) is 0.769. The highest BCUT2D eigenvalue weighted by Gasteiger charge is 2.18. The first-order valence-corrected chi connectivity index (χ1v) is 6.25. The minimum absolute atomic E-state index is 0.135. The Morgan fingerprint density at radius 2 is 2.67 bits per heavy atom. The maximum absolute atomic E-state index is 11.8. The smallest absolute Gasteiger partial charge is 0.184 e. The van der Waals surface area contributed by atoms with Crippen molar-refractivity contribution in [3.63, 3.8) is 0 Å². The van der Waals surface area contributed by atoms with E-state index in [1.54, 1.807) is 16.9 Å². The molecule has 1 N–H and O–H groups in total. The zero-order chi connectivity index (χ0) is 10.7. The molecule has 1 aromatic heterocycles. The van der Waals surface area contributed by atoms with Crippen LogP contribution in [0.3, 0.4) is 0 Å². The third-order valence-corrected chi connectivity index (χ3v) is 3.56. The zero-order valence-corrected chi connectivity index (χ0v) is 9.59. The summed E-state index contributed by atoms with van der Waals surface area (Å²) in [6.07, 6.45) is 2.36. The van der Waals surface area contributed by atoms with Gasteiger partial charge in [0.1, 0.15) is 5.69 Å². The molecule has 0 aromatic carbocycles. The van der Waals surface area contributed by atoms with E-state index in [0.29, 0.717) is 18.2 Å². The van der Waals surface area contributed by atoms with E-state index in [4.69, 9.17) is 0 Å². The summed E-state index contributed by atoms with van der Waals surface area (Å²) >= 11 is 1.91. The first-order chi connectivity index (χ1) is 7.25. The molecule has 1 aliphatic rings. The second-order valence-electron chi connectivity index (χ2n) is 3.73. The molecule has 4 nitrogen and oxygen atoms in total. The summed E-state index contributed by atoms with van der Waals surface area (Å²) in [6, 6.07) is 2.09. The van der Waals surface area contributed by atoms with Gasteiger partial charge in [-0.05, 0) is 6.07 Å². The van der Waals surface area contributed by atoms with E-state index < -0.39 is 0 Å². The maximum Gasteiger partial charge on any atom is 0.184 e. The molecule has 1 atom stereocenters. The molecule has 2 rings (SSSR count). The predicted molar refractivity (Wildman–Crippen MR) is 61.3 cm³/mol. The fourth-order valence-corrected chi connectivity index (χ4v) is 2.59. The van der Waals surface area contributed by atoms with Gasteiger partial charge < -0.3 is 5.32 Å². The molecule has 1 aromatic rings. The van der Waals surface area contributed by atoms with E-state index in [-0.39, 0.29) is 5.78 Å². The van der Waals surface area contributed by atoms with Gasteiger partial charge in [-0.1, -0.05) is 0 Å². The van der Waals surface area contributed by atoms with Gasteiger partial charge in [-0.2, -0.15) is 16.9 Å². The lowest BCUT2D eigenvalue weighted by molar-refractivity contribution is 0.0966. The number of carbonyl (C=O) groups excluding carboxylic acids is 1. The molecular formula is C10H15N3OS. The number of thioether (sulfide) groups is 1. The summed E-state index contributed by atoms with van der Waals surface area (Å²) in [5, 5.41) is 7.46. The first-order valence-electron chi connectivity index (χ1n) is 5.09. The van der Waals surface area contributed by atoms with E-state index in [0.717, 1.165) is 18.1 Å². The second kappa shape index (κ2) is 4.81.